The van der Waals surface area contributed by atoms with Gasteiger partial charge in [0.05, 0.1) is 6.20 Å². The minimum absolute atomic E-state index is 0.0261. The second kappa shape index (κ2) is 2.38. The summed E-state index contributed by atoms with van der Waals surface area (Å²) in [5, 5.41) is 11.9. The molecule has 1 aromatic rings. The normalized spacial score (nSPS) is 9.30. The number of hydrogen-bond acceptors (Lipinski definition) is 3. The van der Waals surface area contributed by atoms with Crippen LogP contribution in [-0.4, -0.2) is 28.1 Å². The van der Waals surface area contributed by atoms with Gasteiger partial charge in [-0.3, -0.25) is 0 Å². The smallest absolute Gasteiger partial charge is 0.356 e. The van der Waals surface area contributed by atoms with Crippen molar-refractivity contribution in [3.8, 4) is 0 Å². The molecule has 0 bridgehead atoms. The van der Waals surface area contributed by atoms with Crippen molar-refractivity contribution in [2.24, 2.45) is 0 Å². The van der Waals surface area contributed by atoms with Crippen molar-refractivity contribution < 1.29 is 14.7 Å². The molecule has 5 heteroatoms. The highest BCUT2D eigenvalue weighted by Crippen LogP contribution is 1.92. The Hall–Kier alpha value is -1.52. The average molecular weight is 142 g/mol. The lowest BCUT2D eigenvalue weighted by molar-refractivity contribution is 0.0678. The quantitative estimate of drug-likeness (QED) is 0.612. The van der Waals surface area contributed by atoms with Crippen molar-refractivity contribution in [1.82, 2.24) is 9.94 Å². The van der Waals surface area contributed by atoms with E-state index in [9.17, 15) is 4.79 Å². The maximum atomic E-state index is 10.2. The largest absolute Gasteiger partial charge is 0.476 e. The highest BCUT2D eigenvalue weighted by Gasteiger charge is 2.05. The molecular weight excluding hydrogens is 136 g/mol. The van der Waals surface area contributed by atoms with Gasteiger partial charge in [0, 0.05) is 0 Å². The van der Waals surface area contributed by atoms with Gasteiger partial charge >= 0.3 is 5.97 Å². The Morgan fingerprint density at radius 3 is 2.90 bits per heavy atom. The van der Waals surface area contributed by atoms with Crippen LogP contribution < -0.4 is 4.84 Å². The van der Waals surface area contributed by atoms with Gasteiger partial charge in [-0.1, -0.05) is 0 Å². The Labute approximate surface area is 56.8 Å². The van der Waals surface area contributed by atoms with Crippen molar-refractivity contribution in [2.45, 2.75) is 0 Å². The molecule has 0 amide bonds. The number of hydrogen-bond donors (Lipinski definition) is 1. The van der Waals surface area contributed by atoms with Crippen molar-refractivity contribution in [3.05, 3.63) is 18.0 Å². The zero-order chi connectivity index (χ0) is 7.56. The first-order chi connectivity index (χ1) is 4.74. The van der Waals surface area contributed by atoms with Gasteiger partial charge in [-0.15, -0.1) is 9.94 Å². The second-order valence-corrected chi connectivity index (χ2v) is 1.59. The van der Waals surface area contributed by atoms with Crippen molar-refractivity contribution in [2.75, 3.05) is 7.11 Å². The van der Waals surface area contributed by atoms with Gasteiger partial charge < -0.3 is 9.94 Å². The van der Waals surface area contributed by atoms with Crippen LogP contribution in [0.15, 0.2) is 12.3 Å². The Balaban J connectivity index is 2.88. The first kappa shape index (κ1) is 6.60. The van der Waals surface area contributed by atoms with E-state index in [1.807, 2.05) is 0 Å². The van der Waals surface area contributed by atoms with E-state index in [4.69, 9.17) is 5.11 Å². The topological polar surface area (TPSA) is 64.3 Å². The molecule has 0 fully saturated rings. The van der Waals surface area contributed by atoms with E-state index < -0.39 is 5.97 Å². The lowest BCUT2D eigenvalue weighted by Crippen LogP contribution is -2.07. The third-order valence-corrected chi connectivity index (χ3v) is 0.972. The van der Waals surface area contributed by atoms with Crippen LogP contribution in [0.1, 0.15) is 10.5 Å². The fourth-order valence-corrected chi connectivity index (χ4v) is 0.523. The molecule has 1 N–H and O–H groups in total. The first-order valence-electron chi connectivity index (χ1n) is 2.57. The molecule has 1 rings (SSSR count). The van der Waals surface area contributed by atoms with E-state index in [2.05, 4.69) is 9.94 Å². The molecule has 54 valence electrons. The number of aromatic nitrogens is 2. The number of carbonyl (C=O) groups is 1. The summed E-state index contributed by atoms with van der Waals surface area (Å²) in [6.07, 6.45) is 1.42. The molecular formula is C5H6N2O3. The molecule has 1 heterocycles. The van der Waals surface area contributed by atoms with E-state index >= 15 is 0 Å². The van der Waals surface area contributed by atoms with E-state index in [1.54, 1.807) is 0 Å². The standard InChI is InChI=1S/C5H6N2O3/c1-10-7-3-2-4(6-7)5(8)9/h2-3H,1H3,(H,8,9). The molecule has 0 unspecified atom stereocenters. The van der Waals surface area contributed by atoms with Gasteiger partial charge in [0.15, 0.2) is 5.69 Å². The van der Waals surface area contributed by atoms with Gasteiger partial charge in [-0.25, -0.2) is 4.79 Å². The molecule has 0 saturated heterocycles. The Kier molecular flexibility index (Phi) is 1.57. The monoisotopic (exact) mass is 142 g/mol. The fourth-order valence-electron chi connectivity index (χ4n) is 0.523. The van der Waals surface area contributed by atoms with Crippen molar-refractivity contribution in [3.63, 3.8) is 0 Å². The number of nitrogens with zero attached hydrogens (tertiary/aromatic N) is 2. The van der Waals surface area contributed by atoms with Crippen molar-refractivity contribution >= 4 is 5.97 Å². The van der Waals surface area contributed by atoms with Gasteiger partial charge in [0.25, 0.3) is 0 Å². The van der Waals surface area contributed by atoms with E-state index in [0.717, 1.165) is 4.85 Å². The molecule has 0 spiro atoms. The zero-order valence-electron chi connectivity index (χ0n) is 5.31. The number of rotatable bonds is 2. The molecule has 0 aliphatic rings. The van der Waals surface area contributed by atoms with Gasteiger partial charge in [0.2, 0.25) is 0 Å². The summed E-state index contributed by atoms with van der Waals surface area (Å²) in [4.78, 5) is 15.9. The summed E-state index contributed by atoms with van der Waals surface area (Å²) in [6, 6.07) is 1.35. The molecule has 5 nitrogen and oxygen atoms in total. The molecule has 0 aromatic carbocycles. The predicted molar refractivity (Wildman–Crippen MR) is 31.7 cm³/mol. The highest BCUT2D eigenvalue weighted by molar-refractivity contribution is 5.84. The maximum Gasteiger partial charge on any atom is 0.356 e. The van der Waals surface area contributed by atoms with E-state index in [0.29, 0.717) is 0 Å². The van der Waals surface area contributed by atoms with Crippen LogP contribution in [0.3, 0.4) is 0 Å². The average Bonchev–Trinajstić information content (AvgIpc) is 2.34. The lowest BCUT2D eigenvalue weighted by atomic mass is 10.5. The van der Waals surface area contributed by atoms with Crippen LogP contribution in [0, 0.1) is 0 Å². The van der Waals surface area contributed by atoms with Gasteiger partial charge in [-0.2, -0.15) is 0 Å². The molecule has 0 saturated carbocycles. The first-order valence-corrected chi connectivity index (χ1v) is 2.57. The van der Waals surface area contributed by atoms with Gasteiger partial charge in [0.1, 0.15) is 7.11 Å². The van der Waals surface area contributed by atoms with E-state index in [1.165, 1.54) is 19.4 Å². The zero-order valence-corrected chi connectivity index (χ0v) is 5.31. The highest BCUT2D eigenvalue weighted by atomic mass is 16.7. The summed E-state index contributed by atoms with van der Waals surface area (Å²) in [6.45, 7) is 0. The molecule has 0 aliphatic heterocycles. The number of carboxylic acid groups (broad SMARTS) is 1. The Morgan fingerprint density at radius 2 is 2.60 bits per heavy atom. The summed E-state index contributed by atoms with van der Waals surface area (Å²) >= 11 is 0. The van der Waals surface area contributed by atoms with Crippen LogP contribution in [0.2, 0.25) is 0 Å². The predicted octanol–water partition coefficient (Wildman–Crippen LogP) is -0.360. The van der Waals surface area contributed by atoms with Crippen LogP contribution >= 0.6 is 0 Å². The SMILES string of the molecule is COn1ccc(C(=O)O)n1. The molecule has 0 atom stereocenters. The third kappa shape index (κ3) is 1.07. The molecule has 10 heavy (non-hydrogen) atoms. The number of carboxylic acids is 1. The third-order valence-electron chi connectivity index (χ3n) is 0.972. The summed E-state index contributed by atoms with van der Waals surface area (Å²) in [5.74, 6) is -1.06. The summed E-state index contributed by atoms with van der Waals surface area (Å²) in [5.41, 5.74) is -0.0261. The van der Waals surface area contributed by atoms with Crippen LogP contribution in [-0.2, 0) is 0 Å². The van der Waals surface area contributed by atoms with E-state index in [-0.39, 0.29) is 5.69 Å². The summed E-state index contributed by atoms with van der Waals surface area (Å²) in [7, 11) is 1.40. The Bertz CT molecular complexity index is 243. The molecule has 1 aromatic heterocycles. The molecule has 0 radical (unpaired) electrons. The van der Waals surface area contributed by atoms with Crippen LogP contribution in [0.4, 0.5) is 0 Å². The maximum absolute atomic E-state index is 10.2. The minimum Gasteiger partial charge on any atom is -0.476 e. The molecule has 0 aliphatic carbocycles. The minimum atomic E-state index is -1.06. The van der Waals surface area contributed by atoms with Crippen molar-refractivity contribution in [1.29, 1.82) is 0 Å². The fraction of sp³-hybridized carbons (Fsp3) is 0.200. The summed E-state index contributed by atoms with van der Waals surface area (Å²) < 4.78 is 0. The van der Waals surface area contributed by atoms with Gasteiger partial charge in [-0.05, 0) is 6.07 Å². The van der Waals surface area contributed by atoms with Crippen LogP contribution in [0.5, 0.6) is 0 Å². The number of aromatic carboxylic acids is 1. The van der Waals surface area contributed by atoms with Crippen LogP contribution in [0.25, 0.3) is 0 Å². The lowest BCUT2D eigenvalue weighted by Gasteiger charge is -1.92. The Morgan fingerprint density at radius 1 is 1.90 bits per heavy atom. The second-order valence-electron chi connectivity index (χ2n) is 1.59.